The van der Waals surface area contributed by atoms with Crippen LogP contribution in [0.5, 0.6) is 0 Å². The second kappa shape index (κ2) is 24.6. The zero-order valence-electron chi connectivity index (χ0n) is 38.1. The van der Waals surface area contributed by atoms with Crippen LogP contribution >= 0.6 is 0 Å². The average Bonchev–Trinajstić information content (AvgIpc) is 3.63. The molecule has 0 spiro atoms. The van der Waals surface area contributed by atoms with Gasteiger partial charge >= 0.3 is 23.9 Å². The highest BCUT2D eigenvalue weighted by Crippen LogP contribution is 2.45. The summed E-state index contributed by atoms with van der Waals surface area (Å²) in [5, 5.41) is 102. The van der Waals surface area contributed by atoms with E-state index in [0.29, 0.717) is 0 Å². The van der Waals surface area contributed by atoms with Gasteiger partial charge in [0.25, 0.3) is 0 Å². The molecule has 0 aromatic heterocycles. The summed E-state index contributed by atoms with van der Waals surface area (Å²) in [6.07, 6.45) is -15.9. The maximum absolute atomic E-state index is 13.9. The average molecular weight is 977 g/mol. The number of carbonyl (C=O) groups is 4. The Morgan fingerprint density at radius 2 is 1.12 bits per heavy atom. The summed E-state index contributed by atoms with van der Waals surface area (Å²) < 4.78 is 55.5. The van der Waals surface area contributed by atoms with Crippen LogP contribution in [0.15, 0.2) is 47.0 Å². The molecule has 0 unspecified atom stereocenters. The Kier molecular flexibility index (Phi) is 19.9. The van der Waals surface area contributed by atoms with Crippen LogP contribution in [0.3, 0.4) is 0 Å². The Morgan fingerprint density at radius 3 is 1.51 bits per heavy atom. The molecule has 18 atom stereocenters. The molecule has 24 heteroatoms. The molecule has 0 aromatic rings. The number of carbonyl (C=O) groups excluding carboxylic acids is 4. The lowest BCUT2D eigenvalue weighted by Crippen LogP contribution is -2.60. The molecule has 1 aliphatic carbocycles. The highest BCUT2D eigenvalue weighted by molar-refractivity contribution is 5.91. The van der Waals surface area contributed by atoms with Crippen molar-refractivity contribution in [2.24, 2.45) is 35.5 Å². The number of hydrogen-bond donors (Lipinski definition) is 10. The molecule has 0 radical (unpaired) electrons. The minimum Gasteiger partial charge on any atom is -0.468 e. The number of methoxy groups -OCH3 is 2. The van der Waals surface area contributed by atoms with Crippen molar-refractivity contribution in [3.63, 3.8) is 0 Å². The summed E-state index contributed by atoms with van der Waals surface area (Å²) in [6, 6.07) is 0. The fraction of sp³-hybridized carbons (Fsp3) is 0.727. The standard InChI is InChI=1S/C44H64O24/c1-6-20-23(26(39(57)59-4)16-62-41(20)67-43-37(55)35(53)33(51)29(13-47)65-43)9-31(49)61-15-25-18(3)28(8-22(25)19(11-45)12-46)64-32(50)10-24-21(7-2)42(63-17-27(24)40(58)60-5)68-44-38(56)36(54)34(52)30(14-48)66-44/h6-7,16-19,22-25,28-30,33-38,41-48,51-56H,8-15H2,1-5H3/b20-6-,21-7-/t18-,22+,23+,24-,25+,28+,29-,30+,33-,34-,35+,36-,37-,38-,41+,42+,43+,44-/m0/s1. The smallest absolute Gasteiger partial charge is 0.337 e. The molecule has 0 amide bonds. The van der Waals surface area contributed by atoms with Crippen LogP contribution in [-0.4, -0.2) is 202 Å². The van der Waals surface area contributed by atoms with Gasteiger partial charge in [-0.3, -0.25) is 9.59 Å². The summed E-state index contributed by atoms with van der Waals surface area (Å²) in [6.45, 7) is 2.16. The molecule has 5 aliphatic rings. The number of hydrogen-bond acceptors (Lipinski definition) is 24. The molecule has 4 heterocycles. The van der Waals surface area contributed by atoms with Crippen LogP contribution in [0, 0.1) is 35.5 Å². The van der Waals surface area contributed by atoms with Gasteiger partial charge < -0.3 is 98.4 Å². The Labute approximate surface area is 390 Å². The van der Waals surface area contributed by atoms with Crippen molar-refractivity contribution in [1.82, 2.24) is 0 Å². The molecule has 68 heavy (non-hydrogen) atoms. The summed E-state index contributed by atoms with van der Waals surface area (Å²) in [5.41, 5.74) is 0.168. The minimum absolute atomic E-state index is 0.100. The second-order valence-corrected chi connectivity index (χ2v) is 17.1. The van der Waals surface area contributed by atoms with Gasteiger partial charge in [-0.25, -0.2) is 9.59 Å². The molecule has 384 valence electrons. The first-order valence-electron chi connectivity index (χ1n) is 22.1. The summed E-state index contributed by atoms with van der Waals surface area (Å²) in [7, 11) is 2.23. The van der Waals surface area contributed by atoms with Crippen LogP contribution in [0.1, 0.15) is 40.0 Å². The van der Waals surface area contributed by atoms with Crippen molar-refractivity contribution in [1.29, 1.82) is 0 Å². The maximum Gasteiger partial charge on any atom is 0.337 e. The topological polar surface area (TPSA) is 363 Å². The van der Waals surface area contributed by atoms with Gasteiger partial charge in [-0.05, 0) is 32.1 Å². The zero-order chi connectivity index (χ0) is 50.1. The lowest BCUT2D eigenvalue weighted by atomic mass is 9.82. The van der Waals surface area contributed by atoms with Crippen molar-refractivity contribution >= 4 is 23.9 Å². The maximum atomic E-state index is 13.9. The van der Waals surface area contributed by atoms with Gasteiger partial charge in [-0.2, -0.15) is 0 Å². The van der Waals surface area contributed by atoms with Crippen LogP contribution < -0.4 is 0 Å². The van der Waals surface area contributed by atoms with E-state index in [1.807, 2.05) is 0 Å². The van der Waals surface area contributed by atoms with E-state index in [1.165, 1.54) is 12.2 Å². The zero-order valence-corrected chi connectivity index (χ0v) is 38.1. The quantitative estimate of drug-likeness (QED) is 0.0365. The van der Waals surface area contributed by atoms with Crippen LogP contribution in [0.4, 0.5) is 0 Å². The Balaban J connectivity index is 1.29. The molecule has 3 fully saturated rings. The van der Waals surface area contributed by atoms with Gasteiger partial charge in [0, 0.05) is 48.0 Å². The third kappa shape index (κ3) is 11.9. The predicted molar refractivity (Wildman–Crippen MR) is 223 cm³/mol. The van der Waals surface area contributed by atoms with E-state index in [2.05, 4.69) is 0 Å². The first kappa shape index (κ1) is 54.8. The third-order valence-corrected chi connectivity index (χ3v) is 13.3. The van der Waals surface area contributed by atoms with E-state index in [1.54, 1.807) is 20.8 Å². The number of rotatable bonds is 18. The SMILES string of the molecule is C/C=C1\[C@@H](O[C@@H]2O[C@H](CO)[C@H](O)[C@H](O)[C@@H]2O)OC=C(C(=O)OC)[C@H]1CC(=O)O[C@@H]1C[C@H](C(CO)CO)[C@H](COC(=O)C[C@H]2C(C(=O)OC)=CO[C@H](O[C@H]3O[C@@H](CO)[C@H](O)[C@@H](O)[C@@H]3O)/C2=C\C)[C@@H]1C. The number of aliphatic hydroxyl groups excluding tert-OH is 10. The number of esters is 4. The van der Waals surface area contributed by atoms with Crippen molar-refractivity contribution in [2.75, 3.05) is 47.3 Å². The first-order valence-corrected chi connectivity index (χ1v) is 22.1. The summed E-state index contributed by atoms with van der Waals surface area (Å²) in [5.74, 6) is -7.97. The van der Waals surface area contributed by atoms with Gasteiger partial charge in [0.1, 0.15) is 54.9 Å². The highest BCUT2D eigenvalue weighted by atomic mass is 16.8. The monoisotopic (exact) mass is 976 g/mol. The first-order chi connectivity index (χ1) is 32.4. The normalized spacial score (nSPS) is 38.5. The van der Waals surface area contributed by atoms with Gasteiger partial charge in [-0.15, -0.1) is 0 Å². The molecule has 1 saturated carbocycles. The molecule has 0 aromatic carbocycles. The van der Waals surface area contributed by atoms with Crippen LogP contribution in [0.2, 0.25) is 0 Å². The highest BCUT2D eigenvalue weighted by Gasteiger charge is 2.50. The van der Waals surface area contributed by atoms with Crippen LogP contribution in [0.25, 0.3) is 0 Å². The van der Waals surface area contributed by atoms with E-state index in [4.69, 9.17) is 47.4 Å². The molecular formula is C44H64O24. The van der Waals surface area contributed by atoms with E-state index >= 15 is 0 Å². The van der Waals surface area contributed by atoms with Gasteiger partial charge in [0.2, 0.25) is 12.6 Å². The number of aliphatic hydroxyl groups is 10. The van der Waals surface area contributed by atoms with Crippen LogP contribution in [-0.2, 0) is 66.5 Å². The lowest BCUT2D eigenvalue weighted by molar-refractivity contribution is -0.327. The predicted octanol–water partition coefficient (Wildman–Crippen LogP) is -3.32. The Bertz CT molecular complexity index is 1860. The molecule has 5 rings (SSSR count). The molecule has 0 bridgehead atoms. The minimum atomic E-state index is -1.80. The second-order valence-electron chi connectivity index (χ2n) is 17.1. The molecule has 24 nitrogen and oxygen atoms in total. The van der Waals surface area contributed by atoms with Gasteiger partial charge in [0.15, 0.2) is 12.6 Å². The van der Waals surface area contributed by atoms with Crippen molar-refractivity contribution < 1.29 is 118 Å². The Morgan fingerprint density at radius 1 is 0.676 bits per heavy atom. The fourth-order valence-corrected chi connectivity index (χ4v) is 9.27. The van der Waals surface area contributed by atoms with Gasteiger partial charge in [0.05, 0.1) is 70.6 Å². The third-order valence-electron chi connectivity index (χ3n) is 13.3. The molecule has 10 N–H and O–H groups in total. The van der Waals surface area contributed by atoms with E-state index in [9.17, 15) is 70.2 Å². The summed E-state index contributed by atoms with van der Waals surface area (Å²) >= 11 is 0. The summed E-state index contributed by atoms with van der Waals surface area (Å²) in [4.78, 5) is 53.5. The molecular weight excluding hydrogens is 912 g/mol. The Hall–Kier alpha value is -4.12. The number of ether oxygens (including phenoxy) is 10. The van der Waals surface area contributed by atoms with Crippen molar-refractivity contribution in [3.8, 4) is 0 Å². The largest absolute Gasteiger partial charge is 0.468 e. The van der Waals surface area contributed by atoms with E-state index < -0.39 is 179 Å². The fourth-order valence-electron chi connectivity index (χ4n) is 9.27. The molecule has 2 saturated heterocycles. The van der Waals surface area contributed by atoms with E-state index in [-0.39, 0.29) is 35.3 Å². The number of allylic oxidation sites excluding steroid dienone is 2. The lowest BCUT2D eigenvalue weighted by Gasteiger charge is -2.42. The van der Waals surface area contributed by atoms with Gasteiger partial charge in [-0.1, -0.05) is 19.1 Å². The molecule has 4 aliphatic heterocycles. The van der Waals surface area contributed by atoms with E-state index in [0.717, 1.165) is 26.7 Å². The van der Waals surface area contributed by atoms with Crippen molar-refractivity contribution in [3.05, 3.63) is 47.0 Å². The van der Waals surface area contributed by atoms with Crippen molar-refractivity contribution in [2.45, 2.75) is 120 Å².